The minimum absolute atomic E-state index is 0.00820. The summed E-state index contributed by atoms with van der Waals surface area (Å²) in [6.45, 7) is 4.85. The van der Waals surface area contributed by atoms with E-state index in [1.54, 1.807) is 0 Å². The van der Waals surface area contributed by atoms with E-state index in [4.69, 9.17) is 20.6 Å². The summed E-state index contributed by atoms with van der Waals surface area (Å²) >= 11 is 0. The molecule has 2 fully saturated rings. The van der Waals surface area contributed by atoms with Crippen molar-refractivity contribution < 1.29 is 19.1 Å². The van der Waals surface area contributed by atoms with E-state index >= 15 is 0 Å². The van der Waals surface area contributed by atoms with E-state index in [1.165, 1.54) is 0 Å². The summed E-state index contributed by atoms with van der Waals surface area (Å²) in [5, 5.41) is 10.4. The molecule has 2 atom stereocenters. The molecule has 0 unspecified atom stereocenters. The molecular formula is C29H37N3O4. The second kappa shape index (κ2) is 11.6. The number of nitrogens with two attached hydrogens (primary N) is 1. The second-order valence-electron chi connectivity index (χ2n) is 10.4. The van der Waals surface area contributed by atoms with Gasteiger partial charge in [-0.3, -0.25) is 15.0 Å². The van der Waals surface area contributed by atoms with Crippen LogP contribution in [0.1, 0.15) is 57.9 Å². The van der Waals surface area contributed by atoms with Crippen LogP contribution >= 0.6 is 0 Å². The average Bonchev–Trinajstić information content (AvgIpc) is 3.22. The maximum Gasteiger partial charge on any atom is 0.306 e. The highest BCUT2D eigenvalue weighted by atomic mass is 16.5. The van der Waals surface area contributed by atoms with Crippen molar-refractivity contribution in [2.75, 3.05) is 6.61 Å². The highest BCUT2D eigenvalue weighted by Crippen LogP contribution is 2.32. The number of hydrogen-bond donors (Lipinski definition) is 3. The van der Waals surface area contributed by atoms with Crippen LogP contribution < -0.4 is 15.8 Å². The third-order valence-electron chi connectivity index (χ3n) is 7.49. The van der Waals surface area contributed by atoms with Gasteiger partial charge in [0.05, 0.1) is 18.4 Å². The van der Waals surface area contributed by atoms with E-state index in [0.717, 1.165) is 42.7 Å². The van der Waals surface area contributed by atoms with Gasteiger partial charge in [0.1, 0.15) is 24.3 Å². The Balaban J connectivity index is 1.21. The van der Waals surface area contributed by atoms with Gasteiger partial charge in [0.25, 0.3) is 0 Å². The number of rotatable bonds is 9. The minimum Gasteiger partial charge on any atom is -0.491 e. The first-order valence-electron chi connectivity index (χ1n) is 13.0. The summed E-state index contributed by atoms with van der Waals surface area (Å²) in [7, 11) is 0. The zero-order valence-electron chi connectivity index (χ0n) is 21.2. The summed E-state index contributed by atoms with van der Waals surface area (Å²) in [4.78, 5) is 24.9. The van der Waals surface area contributed by atoms with Crippen molar-refractivity contribution in [2.45, 2.75) is 64.5 Å². The molecule has 4 rings (SSSR count). The van der Waals surface area contributed by atoms with E-state index in [9.17, 15) is 9.59 Å². The predicted octanol–water partition coefficient (Wildman–Crippen LogP) is 4.67. The van der Waals surface area contributed by atoms with E-state index in [1.807, 2.05) is 48.5 Å². The fourth-order valence-corrected chi connectivity index (χ4v) is 5.21. The van der Waals surface area contributed by atoms with E-state index < -0.39 is 0 Å². The normalized spacial score (nSPS) is 23.8. The predicted molar refractivity (Wildman–Crippen MR) is 140 cm³/mol. The van der Waals surface area contributed by atoms with Gasteiger partial charge in [0, 0.05) is 5.56 Å². The van der Waals surface area contributed by atoms with Gasteiger partial charge in [-0.25, -0.2) is 0 Å². The van der Waals surface area contributed by atoms with Gasteiger partial charge in [-0.2, -0.15) is 0 Å². The van der Waals surface area contributed by atoms with Crippen molar-refractivity contribution in [3.63, 3.8) is 0 Å². The number of carbonyl (C=O) groups excluding carboxylic acids is 2. The molecule has 2 aromatic carbocycles. The molecule has 1 aliphatic heterocycles. The zero-order chi connectivity index (χ0) is 25.7. The van der Waals surface area contributed by atoms with Crippen LogP contribution in [0.5, 0.6) is 5.75 Å². The van der Waals surface area contributed by atoms with Crippen molar-refractivity contribution in [1.29, 1.82) is 5.41 Å². The van der Waals surface area contributed by atoms with Gasteiger partial charge in [-0.1, -0.05) is 50.2 Å². The Morgan fingerprint density at radius 3 is 2.22 bits per heavy atom. The first-order valence-corrected chi connectivity index (χ1v) is 13.0. The van der Waals surface area contributed by atoms with Gasteiger partial charge in [0.2, 0.25) is 5.91 Å². The average molecular weight is 492 g/mol. The smallest absolute Gasteiger partial charge is 0.306 e. The number of esters is 1. The van der Waals surface area contributed by atoms with E-state index in [2.05, 4.69) is 19.2 Å². The van der Waals surface area contributed by atoms with E-state index in [-0.39, 0.29) is 42.2 Å². The van der Waals surface area contributed by atoms with Crippen molar-refractivity contribution in [2.24, 2.45) is 23.5 Å². The number of carbonyl (C=O) groups is 2. The SMILES string of the molecule is CC(C)C1CCC(OC(=O)C[C@@H]2C[C@@H](COc3ccc(-c4ccc(C(=N)N)cc4)cc3)NC2=O)CC1. The molecule has 192 valence electrons. The molecule has 0 bridgehead atoms. The topological polar surface area (TPSA) is 114 Å². The van der Waals surface area contributed by atoms with E-state index in [0.29, 0.717) is 30.3 Å². The maximum atomic E-state index is 12.5. The van der Waals surface area contributed by atoms with Gasteiger partial charge in [-0.05, 0) is 67.2 Å². The fourth-order valence-electron chi connectivity index (χ4n) is 5.21. The molecule has 2 aromatic rings. The Bertz CT molecular complexity index is 1060. The molecular weight excluding hydrogens is 454 g/mol. The molecule has 0 aromatic heterocycles. The van der Waals surface area contributed by atoms with Crippen molar-refractivity contribution in [3.05, 3.63) is 54.1 Å². The number of ether oxygens (including phenoxy) is 2. The monoisotopic (exact) mass is 491 g/mol. The summed E-state index contributed by atoms with van der Waals surface area (Å²) in [6, 6.07) is 15.1. The third kappa shape index (κ3) is 6.65. The maximum absolute atomic E-state index is 12.5. The molecule has 1 amide bonds. The molecule has 0 radical (unpaired) electrons. The van der Waals surface area contributed by atoms with Crippen LogP contribution in [0.4, 0.5) is 0 Å². The number of nitrogen functional groups attached to an aromatic ring is 1. The van der Waals surface area contributed by atoms with Crippen molar-refractivity contribution in [3.8, 4) is 16.9 Å². The van der Waals surface area contributed by atoms with Crippen LogP contribution in [-0.2, 0) is 14.3 Å². The molecule has 1 aliphatic carbocycles. The molecule has 1 saturated heterocycles. The van der Waals surface area contributed by atoms with Crippen LogP contribution in [0.25, 0.3) is 11.1 Å². The Morgan fingerprint density at radius 1 is 1.03 bits per heavy atom. The number of benzene rings is 2. The summed E-state index contributed by atoms with van der Waals surface area (Å²) in [5.74, 6) is 1.42. The van der Waals surface area contributed by atoms with Crippen LogP contribution in [0.3, 0.4) is 0 Å². The second-order valence-corrected chi connectivity index (χ2v) is 10.4. The molecule has 0 spiro atoms. The Labute approximate surface area is 213 Å². The standard InChI is InChI=1S/C29H37N3O4/c1-18(2)19-7-13-26(14-8-19)36-27(33)16-23-15-24(32-29(23)34)17-35-25-11-9-21(10-12-25)20-3-5-22(6-4-20)28(30)31/h3-6,9-12,18-19,23-24,26H,7-8,13-17H2,1-2H3,(H3,30,31)(H,32,34)/t19?,23-,24-,26?/m0/s1. The molecule has 1 heterocycles. The minimum atomic E-state index is -0.363. The summed E-state index contributed by atoms with van der Waals surface area (Å²) in [5.41, 5.74) is 8.26. The van der Waals surface area contributed by atoms with Gasteiger partial charge in [0.15, 0.2) is 0 Å². The first-order chi connectivity index (χ1) is 17.3. The van der Waals surface area contributed by atoms with Crippen LogP contribution in [0, 0.1) is 23.2 Å². The third-order valence-corrected chi connectivity index (χ3v) is 7.49. The molecule has 2 aliphatic rings. The highest BCUT2D eigenvalue weighted by molar-refractivity contribution is 5.95. The van der Waals surface area contributed by atoms with Crippen LogP contribution in [0.15, 0.2) is 48.5 Å². The van der Waals surface area contributed by atoms with Gasteiger partial charge >= 0.3 is 5.97 Å². The quantitative estimate of drug-likeness (QED) is 0.268. The largest absolute Gasteiger partial charge is 0.491 e. The Morgan fingerprint density at radius 2 is 1.64 bits per heavy atom. The number of amides is 1. The molecule has 4 N–H and O–H groups in total. The molecule has 36 heavy (non-hydrogen) atoms. The Kier molecular flexibility index (Phi) is 8.28. The van der Waals surface area contributed by atoms with Crippen molar-refractivity contribution in [1.82, 2.24) is 5.32 Å². The van der Waals surface area contributed by atoms with Crippen LogP contribution in [0.2, 0.25) is 0 Å². The lowest BCUT2D eigenvalue weighted by Gasteiger charge is -2.30. The molecule has 1 saturated carbocycles. The van der Waals surface area contributed by atoms with Gasteiger partial charge in [-0.15, -0.1) is 0 Å². The van der Waals surface area contributed by atoms with Crippen molar-refractivity contribution >= 4 is 17.7 Å². The lowest BCUT2D eigenvalue weighted by molar-refractivity contribution is -0.153. The summed E-state index contributed by atoms with van der Waals surface area (Å²) < 4.78 is 11.6. The lowest BCUT2D eigenvalue weighted by atomic mass is 9.80. The number of hydrogen-bond acceptors (Lipinski definition) is 5. The van der Waals surface area contributed by atoms with Gasteiger partial charge < -0.3 is 20.5 Å². The molecule has 7 nitrogen and oxygen atoms in total. The lowest BCUT2D eigenvalue weighted by Crippen LogP contribution is -2.31. The highest BCUT2D eigenvalue weighted by Gasteiger charge is 2.35. The Hall–Kier alpha value is -3.35. The molecule has 7 heteroatoms. The first kappa shape index (κ1) is 25.7. The number of nitrogens with one attached hydrogen (secondary N) is 2. The summed E-state index contributed by atoms with van der Waals surface area (Å²) in [6.07, 6.45) is 4.73. The zero-order valence-corrected chi connectivity index (χ0v) is 21.2. The fraction of sp³-hybridized carbons (Fsp3) is 0.483. The van der Waals surface area contributed by atoms with Crippen LogP contribution in [-0.4, -0.2) is 36.5 Å². The number of amidine groups is 1.